The second kappa shape index (κ2) is 10.5. The minimum atomic E-state index is -0.440. The van der Waals surface area contributed by atoms with Crippen molar-refractivity contribution in [2.75, 3.05) is 11.1 Å². The zero-order chi connectivity index (χ0) is 22.4. The van der Waals surface area contributed by atoms with Crippen molar-refractivity contribution >= 4 is 35.0 Å². The Bertz CT molecular complexity index is 1100. The number of hydrogen-bond donors (Lipinski definition) is 1. The van der Waals surface area contributed by atoms with Crippen molar-refractivity contribution in [2.24, 2.45) is 0 Å². The number of allylic oxidation sites excluding steroid dienone is 1. The molecule has 0 saturated carbocycles. The van der Waals surface area contributed by atoms with Crippen LogP contribution < -0.4 is 10.1 Å². The summed E-state index contributed by atoms with van der Waals surface area (Å²) in [5.74, 6) is 0.477. The highest BCUT2D eigenvalue weighted by Gasteiger charge is 2.15. The lowest BCUT2D eigenvalue weighted by Crippen LogP contribution is -2.15. The number of thioether (sulfide) groups is 1. The van der Waals surface area contributed by atoms with E-state index in [1.807, 2.05) is 32.0 Å². The molecule has 0 aliphatic heterocycles. The zero-order valence-corrected chi connectivity index (χ0v) is 18.8. The van der Waals surface area contributed by atoms with Crippen molar-refractivity contribution in [3.05, 3.63) is 76.8 Å². The molecule has 0 aliphatic rings. The van der Waals surface area contributed by atoms with Crippen molar-refractivity contribution in [3.63, 3.8) is 0 Å². The number of benzene rings is 2. The molecule has 0 saturated heterocycles. The summed E-state index contributed by atoms with van der Waals surface area (Å²) in [5, 5.41) is 11.9. The number of anilines is 1. The molecule has 0 radical (unpaired) electrons. The zero-order valence-electron chi connectivity index (χ0n) is 17.2. The molecular formula is C22H22ClFN4O2S. The van der Waals surface area contributed by atoms with Gasteiger partial charge in [-0.15, -0.1) is 16.8 Å². The largest absolute Gasteiger partial charge is 0.484 e. The fourth-order valence-electron chi connectivity index (χ4n) is 2.73. The van der Waals surface area contributed by atoms with Crippen LogP contribution in [-0.4, -0.2) is 26.4 Å². The molecule has 0 bridgehead atoms. The molecule has 0 aliphatic carbocycles. The highest BCUT2D eigenvalue weighted by Crippen LogP contribution is 2.26. The molecule has 3 rings (SSSR count). The number of carbonyl (C=O) groups excluding carboxylic acids is 1. The van der Waals surface area contributed by atoms with Crippen LogP contribution in [0.15, 0.2) is 54.2 Å². The topological polar surface area (TPSA) is 69.0 Å². The molecule has 31 heavy (non-hydrogen) atoms. The first kappa shape index (κ1) is 22.8. The Morgan fingerprint density at radius 3 is 2.77 bits per heavy atom. The van der Waals surface area contributed by atoms with Crippen molar-refractivity contribution in [2.45, 2.75) is 32.2 Å². The molecule has 1 heterocycles. The van der Waals surface area contributed by atoms with Crippen LogP contribution in [0.2, 0.25) is 5.02 Å². The number of ether oxygens (including phenoxy) is 1. The van der Waals surface area contributed by atoms with Gasteiger partial charge in [-0.2, -0.15) is 0 Å². The molecule has 1 amide bonds. The van der Waals surface area contributed by atoms with E-state index in [0.717, 1.165) is 11.3 Å². The number of carbonyl (C=O) groups is 1. The Morgan fingerprint density at radius 1 is 1.26 bits per heavy atom. The van der Waals surface area contributed by atoms with Crippen LogP contribution in [0.5, 0.6) is 5.75 Å². The maximum atomic E-state index is 13.2. The van der Waals surface area contributed by atoms with Gasteiger partial charge < -0.3 is 10.1 Å². The van der Waals surface area contributed by atoms with Gasteiger partial charge in [-0.1, -0.05) is 35.5 Å². The highest BCUT2D eigenvalue weighted by atomic mass is 35.5. The fraction of sp³-hybridized carbons (Fsp3) is 0.227. The van der Waals surface area contributed by atoms with Crippen LogP contribution in [0.3, 0.4) is 0 Å². The minimum Gasteiger partial charge on any atom is -0.484 e. The molecule has 1 aromatic heterocycles. The summed E-state index contributed by atoms with van der Waals surface area (Å²) in [6, 6.07) is 9.69. The molecule has 0 unspecified atom stereocenters. The molecular weight excluding hydrogens is 439 g/mol. The van der Waals surface area contributed by atoms with E-state index in [0.29, 0.717) is 23.3 Å². The van der Waals surface area contributed by atoms with Gasteiger partial charge in [0.15, 0.2) is 11.0 Å². The number of rotatable bonds is 9. The third-order valence-electron chi connectivity index (χ3n) is 4.48. The van der Waals surface area contributed by atoms with E-state index in [2.05, 4.69) is 22.1 Å². The van der Waals surface area contributed by atoms with Crippen molar-refractivity contribution in [1.82, 2.24) is 14.8 Å². The quantitative estimate of drug-likeness (QED) is 0.352. The Hall–Kier alpha value is -2.84. The summed E-state index contributed by atoms with van der Waals surface area (Å²) in [4.78, 5) is 12.4. The Balaban J connectivity index is 1.63. The van der Waals surface area contributed by atoms with Gasteiger partial charge in [-0.3, -0.25) is 9.36 Å². The van der Waals surface area contributed by atoms with Crippen molar-refractivity contribution in [3.8, 4) is 5.75 Å². The van der Waals surface area contributed by atoms with Crippen LogP contribution in [0, 0.1) is 19.7 Å². The molecule has 0 fully saturated rings. The molecule has 162 valence electrons. The maximum Gasteiger partial charge on any atom is 0.234 e. The maximum absolute atomic E-state index is 13.2. The summed E-state index contributed by atoms with van der Waals surface area (Å²) in [6.45, 7) is 8.31. The normalized spacial score (nSPS) is 10.7. The number of nitrogens with zero attached hydrogens (tertiary/aromatic N) is 3. The number of hydrogen-bond acceptors (Lipinski definition) is 5. The van der Waals surface area contributed by atoms with E-state index < -0.39 is 5.82 Å². The van der Waals surface area contributed by atoms with E-state index in [-0.39, 0.29) is 23.3 Å². The van der Waals surface area contributed by atoms with Gasteiger partial charge in [0.2, 0.25) is 5.91 Å². The smallest absolute Gasteiger partial charge is 0.234 e. The summed E-state index contributed by atoms with van der Waals surface area (Å²) in [6.07, 6.45) is 1.71. The van der Waals surface area contributed by atoms with E-state index in [4.69, 9.17) is 16.3 Å². The minimum absolute atomic E-state index is 0.0849. The van der Waals surface area contributed by atoms with E-state index >= 15 is 0 Å². The average molecular weight is 461 g/mol. The van der Waals surface area contributed by atoms with Gasteiger partial charge in [0.1, 0.15) is 18.2 Å². The lowest BCUT2D eigenvalue weighted by Gasteiger charge is -2.10. The van der Waals surface area contributed by atoms with Gasteiger partial charge in [0.05, 0.1) is 10.8 Å². The molecule has 6 nitrogen and oxygen atoms in total. The lowest BCUT2D eigenvalue weighted by molar-refractivity contribution is -0.113. The van der Waals surface area contributed by atoms with Gasteiger partial charge in [-0.05, 0) is 55.3 Å². The van der Waals surface area contributed by atoms with Gasteiger partial charge in [0.25, 0.3) is 0 Å². The second-order valence-corrected chi connectivity index (χ2v) is 8.15. The number of aryl methyl sites for hydroxylation is 2. The molecule has 9 heteroatoms. The van der Waals surface area contributed by atoms with Gasteiger partial charge in [0, 0.05) is 12.2 Å². The van der Waals surface area contributed by atoms with Crippen molar-refractivity contribution < 1.29 is 13.9 Å². The van der Waals surface area contributed by atoms with Crippen LogP contribution in [0.1, 0.15) is 17.0 Å². The first-order valence-corrected chi connectivity index (χ1v) is 10.8. The molecule has 2 aromatic carbocycles. The summed E-state index contributed by atoms with van der Waals surface area (Å²) < 4.78 is 20.7. The molecule has 3 aromatic rings. The second-order valence-electron chi connectivity index (χ2n) is 6.80. The van der Waals surface area contributed by atoms with E-state index in [9.17, 15) is 9.18 Å². The number of halogens is 2. The Morgan fingerprint density at radius 2 is 2.06 bits per heavy atom. The lowest BCUT2D eigenvalue weighted by atomic mass is 10.1. The molecule has 0 spiro atoms. The molecule has 0 atom stereocenters. The average Bonchev–Trinajstić information content (AvgIpc) is 3.10. The predicted octanol–water partition coefficient (Wildman–Crippen LogP) is 5.18. The standard InChI is InChI=1S/C22H22ClFN4O2S/c1-4-9-28-20(12-30-19-8-6-16(24)11-18(19)23)26-27-22(28)31-13-21(29)25-17-7-5-14(2)15(3)10-17/h4-8,10-11H,1,9,12-13H2,2-3H3,(H,25,29). The Kier molecular flexibility index (Phi) is 7.70. The molecule has 1 N–H and O–H groups in total. The SMILES string of the molecule is C=CCn1c(COc2ccc(F)cc2Cl)nnc1SCC(=O)Nc1ccc(C)c(C)c1. The van der Waals surface area contributed by atoms with Crippen LogP contribution >= 0.6 is 23.4 Å². The van der Waals surface area contributed by atoms with Crippen LogP contribution in [-0.2, 0) is 17.9 Å². The predicted molar refractivity (Wildman–Crippen MR) is 121 cm³/mol. The van der Waals surface area contributed by atoms with Crippen molar-refractivity contribution in [1.29, 1.82) is 0 Å². The van der Waals surface area contributed by atoms with E-state index in [1.54, 1.807) is 10.6 Å². The first-order valence-electron chi connectivity index (χ1n) is 9.48. The van der Waals surface area contributed by atoms with Crippen LogP contribution in [0.25, 0.3) is 0 Å². The van der Waals surface area contributed by atoms with Crippen LogP contribution in [0.4, 0.5) is 10.1 Å². The number of nitrogens with one attached hydrogen (secondary N) is 1. The monoisotopic (exact) mass is 460 g/mol. The highest BCUT2D eigenvalue weighted by molar-refractivity contribution is 7.99. The van der Waals surface area contributed by atoms with E-state index in [1.165, 1.54) is 35.5 Å². The van der Waals surface area contributed by atoms with Gasteiger partial charge >= 0.3 is 0 Å². The Labute approximate surface area is 189 Å². The fourth-order valence-corrected chi connectivity index (χ4v) is 3.71. The number of aromatic nitrogens is 3. The first-order chi connectivity index (χ1) is 14.9. The third kappa shape index (κ3) is 6.08. The summed E-state index contributed by atoms with van der Waals surface area (Å²) >= 11 is 7.27. The van der Waals surface area contributed by atoms with Gasteiger partial charge in [-0.25, -0.2) is 4.39 Å². The summed E-state index contributed by atoms with van der Waals surface area (Å²) in [7, 11) is 0. The summed E-state index contributed by atoms with van der Waals surface area (Å²) in [5.41, 5.74) is 3.04. The number of amides is 1. The third-order valence-corrected chi connectivity index (χ3v) is 5.74.